The maximum atomic E-state index is 13.1. The number of carboxylic acids is 1. The Labute approximate surface area is 77.9 Å². The van der Waals surface area contributed by atoms with Gasteiger partial charge in [-0.05, 0) is 18.6 Å². The van der Waals surface area contributed by atoms with Crippen molar-refractivity contribution in [1.82, 2.24) is 0 Å². The number of nitro benzene ring substituents is 1. The van der Waals surface area contributed by atoms with Gasteiger partial charge in [0.1, 0.15) is 0 Å². The monoisotopic (exact) mass is 199 g/mol. The van der Waals surface area contributed by atoms with Gasteiger partial charge in [0, 0.05) is 6.07 Å². The van der Waals surface area contributed by atoms with Crippen LogP contribution in [0.5, 0.6) is 0 Å². The lowest BCUT2D eigenvalue weighted by Crippen LogP contribution is -2.02. The van der Waals surface area contributed by atoms with E-state index in [0.29, 0.717) is 6.07 Å². The molecule has 0 heterocycles. The Balaban J connectivity index is 3.43. The Morgan fingerprint density at radius 2 is 2.14 bits per heavy atom. The van der Waals surface area contributed by atoms with Crippen LogP contribution in [0.1, 0.15) is 15.9 Å². The van der Waals surface area contributed by atoms with Crippen LogP contribution in [0.25, 0.3) is 0 Å². The summed E-state index contributed by atoms with van der Waals surface area (Å²) in [6.07, 6.45) is 0. The molecule has 1 N–H and O–H groups in total. The van der Waals surface area contributed by atoms with Crippen LogP contribution in [0.4, 0.5) is 10.1 Å². The van der Waals surface area contributed by atoms with Gasteiger partial charge in [-0.15, -0.1) is 0 Å². The highest BCUT2D eigenvalue weighted by molar-refractivity contribution is 5.88. The molecular formula is C8H6FNO4. The van der Waals surface area contributed by atoms with E-state index < -0.39 is 22.4 Å². The number of aromatic carboxylic acids is 1. The summed E-state index contributed by atoms with van der Waals surface area (Å²) >= 11 is 0. The fraction of sp³-hybridized carbons (Fsp3) is 0.125. The Morgan fingerprint density at radius 3 is 2.57 bits per heavy atom. The largest absolute Gasteiger partial charge is 0.478 e. The molecule has 0 aromatic heterocycles. The van der Waals surface area contributed by atoms with Gasteiger partial charge < -0.3 is 5.11 Å². The van der Waals surface area contributed by atoms with Crippen LogP contribution in [0.2, 0.25) is 0 Å². The molecule has 0 bridgehead atoms. The van der Waals surface area contributed by atoms with E-state index in [1.807, 2.05) is 0 Å². The molecule has 0 spiro atoms. The molecule has 6 heteroatoms. The van der Waals surface area contributed by atoms with Crippen LogP contribution in [0, 0.1) is 22.9 Å². The standard InChI is InChI=1S/C8H6FNO4/c1-4-2-5(8(11)12)3-6(7(4)9)10(13)14/h2-3H,1H3,(H,11,12). The predicted octanol–water partition coefficient (Wildman–Crippen LogP) is 1.74. The molecular weight excluding hydrogens is 193 g/mol. The highest BCUT2D eigenvalue weighted by atomic mass is 19.1. The maximum absolute atomic E-state index is 13.1. The van der Waals surface area contributed by atoms with E-state index in [1.165, 1.54) is 6.92 Å². The predicted molar refractivity (Wildman–Crippen MR) is 44.8 cm³/mol. The number of nitro groups is 1. The van der Waals surface area contributed by atoms with E-state index in [4.69, 9.17) is 5.11 Å². The summed E-state index contributed by atoms with van der Waals surface area (Å²) in [6, 6.07) is 1.75. The van der Waals surface area contributed by atoms with Crippen molar-refractivity contribution in [3.05, 3.63) is 39.2 Å². The quantitative estimate of drug-likeness (QED) is 0.581. The highest BCUT2D eigenvalue weighted by Crippen LogP contribution is 2.22. The number of carbonyl (C=O) groups is 1. The van der Waals surface area contributed by atoms with Crippen molar-refractivity contribution >= 4 is 11.7 Å². The van der Waals surface area contributed by atoms with Crippen LogP contribution in [0.3, 0.4) is 0 Å². The molecule has 0 saturated carbocycles. The summed E-state index contributed by atoms with van der Waals surface area (Å²) in [7, 11) is 0. The molecule has 0 radical (unpaired) electrons. The lowest BCUT2D eigenvalue weighted by atomic mass is 10.1. The molecule has 0 unspecified atom stereocenters. The lowest BCUT2D eigenvalue weighted by molar-refractivity contribution is -0.387. The highest BCUT2D eigenvalue weighted by Gasteiger charge is 2.19. The molecule has 1 rings (SSSR count). The van der Waals surface area contributed by atoms with Crippen molar-refractivity contribution in [2.45, 2.75) is 6.92 Å². The fourth-order valence-electron chi connectivity index (χ4n) is 1.01. The number of nitrogens with zero attached hydrogens (tertiary/aromatic N) is 1. The minimum absolute atomic E-state index is 0.0587. The van der Waals surface area contributed by atoms with Gasteiger partial charge in [0.05, 0.1) is 10.5 Å². The molecule has 0 saturated heterocycles. The molecule has 0 aliphatic carbocycles. The second-order valence-electron chi connectivity index (χ2n) is 2.69. The smallest absolute Gasteiger partial charge is 0.335 e. The average Bonchev–Trinajstić information content (AvgIpc) is 2.08. The van der Waals surface area contributed by atoms with E-state index in [2.05, 4.69) is 0 Å². The molecule has 1 aromatic carbocycles. The van der Waals surface area contributed by atoms with Crippen molar-refractivity contribution in [1.29, 1.82) is 0 Å². The van der Waals surface area contributed by atoms with E-state index in [1.54, 1.807) is 0 Å². The Hall–Kier alpha value is -1.98. The third-order valence-electron chi connectivity index (χ3n) is 1.68. The average molecular weight is 199 g/mol. The number of hydrogen-bond acceptors (Lipinski definition) is 3. The van der Waals surface area contributed by atoms with Crippen LogP contribution in [0.15, 0.2) is 12.1 Å². The van der Waals surface area contributed by atoms with Crippen LogP contribution >= 0.6 is 0 Å². The van der Waals surface area contributed by atoms with Crippen molar-refractivity contribution in [2.24, 2.45) is 0 Å². The number of benzene rings is 1. The number of aryl methyl sites for hydroxylation is 1. The first-order chi connectivity index (χ1) is 6.43. The van der Waals surface area contributed by atoms with Crippen LogP contribution in [-0.4, -0.2) is 16.0 Å². The van der Waals surface area contributed by atoms with Crippen molar-refractivity contribution in [3.8, 4) is 0 Å². The Kier molecular flexibility index (Phi) is 2.46. The Morgan fingerprint density at radius 1 is 1.57 bits per heavy atom. The lowest BCUT2D eigenvalue weighted by Gasteiger charge is -2.00. The second-order valence-corrected chi connectivity index (χ2v) is 2.69. The molecule has 0 aliphatic rings. The maximum Gasteiger partial charge on any atom is 0.335 e. The molecule has 0 aliphatic heterocycles. The van der Waals surface area contributed by atoms with Gasteiger partial charge in [-0.25, -0.2) is 4.79 Å². The molecule has 5 nitrogen and oxygen atoms in total. The van der Waals surface area contributed by atoms with Crippen LogP contribution < -0.4 is 0 Å². The SMILES string of the molecule is Cc1cc(C(=O)O)cc([N+](=O)[O-])c1F. The summed E-state index contributed by atoms with van der Waals surface area (Å²) in [6.45, 7) is 1.27. The normalized spacial score (nSPS) is 9.86. The first kappa shape index (κ1) is 10.1. The van der Waals surface area contributed by atoms with Gasteiger partial charge in [-0.3, -0.25) is 10.1 Å². The zero-order chi connectivity index (χ0) is 10.9. The van der Waals surface area contributed by atoms with Gasteiger partial charge in [0.15, 0.2) is 0 Å². The molecule has 0 amide bonds. The fourth-order valence-corrected chi connectivity index (χ4v) is 1.01. The summed E-state index contributed by atoms with van der Waals surface area (Å²) in [5.41, 5.74) is -1.17. The summed E-state index contributed by atoms with van der Waals surface area (Å²) < 4.78 is 13.1. The first-order valence-corrected chi connectivity index (χ1v) is 3.61. The summed E-state index contributed by atoms with van der Waals surface area (Å²) in [4.78, 5) is 19.9. The Bertz CT molecular complexity index is 416. The van der Waals surface area contributed by atoms with Crippen LogP contribution in [-0.2, 0) is 0 Å². The number of rotatable bonds is 2. The minimum atomic E-state index is -1.32. The van der Waals surface area contributed by atoms with Gasteiger partial charge in [-0.2, -0.15) is 4.39 Å². The molecule has 14 heavy (non-hydrogen) atoms. The van der Waals surface area contributed by atoms with Gasteiger partial charge in [0.25, 0.3) is 0 Å². The third kappa shape index (κ3) is 1.68. The topological polar surface area (TPSA) is 80.4 Å². The van der Waals surface area contributed by atoms with Gasteiger partial charge in [0.2, 0.25) is 5.82 Å². The van der Waals surface area contributed by atoms with Crippen molar-refractivity contribution in [2.75, 3.05) is 0 Å². The number of halogens is 1. The zero-order valence-electron chi connectivity index (χ0n) is 7.15. The summed E-state index contributed by atoms with van der Waals surface area (Å²) in [5.74, 6) is -2.32. The molecule has 0 atom stereocenters. The van der Waals surface area contributed by atoms with Crippen molar-refractivity contribution in [3.63, 3.8) is 0 Å². The van der Waals surface area contributed by atoms with E-state index in [0.717, 1.165) is 6.07 Å². The number of hydrogen-bond donors (Lipinski definition) is 1. The van der Waals surface area contributed by atoms with Gasteiger partial charge in [-0.1, -0.05) is 0 Å². The van der Waals surface area contributed by atoms with E-state index >= 15 is 0 Å². The van der Waals surface area contributed by atoms with Gasteiger partial charge >= 0.3 is 11.7 Å². The summed E-state index contributed by atoms with van der Waals surface area (Å²) in [5, 5.41) is 18.9. The molecule has 0 fully saturated rings. The molecule has 1 aromatic rings. The van der Waals surface area contributed by atoms with Crippen molar-refractivity contribution < 1.29 is 19.2 Å². The number of carboxylic acid groups (broad SMARTS) is 1. The third-order valence-corrected chi connectivity index (χ3v) is 1.68. The minimum Gasteiger partial charge on any atom is -0.478 e. The second kappa shape index (κ2) is 3.41. The zero-order valence-corrected chi connectivity index (χ0v) is 7.15. The first-order valence-electron chi connectivity index (χ1n) is 3.61. The molecule has 74 valence electrons. The van der Waals surface area contributed by atoms with E-state index in [9.17, 15) is 19.3 Å². The van der Waals surface area contributed by atoms with E-state index in [-0.39, 0.29) is 11.1 Å².